The van der Waals surface area contributed by atoms with Crippen molar-refractivity contribution in [3.05, 3.63) is 59.7 Å². The summed E-state index contributed by atoms with van der Waals surface area (Å²) < 4.78 is 11.9. The fourth-order valence-electron chi connectivity index (χ4n) is 1.71. The van der Waals surface area contributed by atoms with Gasteiger partial charge in [0.2, 0.25) is 0 Å². The van der Waals surface area contributed by atoms with E-state index in [9.17, 15) is 4.48 Å². The molecule has 2 rings (SSSR count). The molecule has 0 bridgehead atoms. The largest absolute Gasteiger partial charge is 0.192 e. The molecule has 0 aromatic heterocycles. The van der Waals surface area contributed by atoms with E-state index in [1.54, 1.807) is 11.6 Å². The van der Waals surface area contributed by atoms with Crippen molar-refractivity contribution in [3.8, 4) is 17.2 Å². The van der Waals surface area contributed by atoms with Crippen LogP contribution in [0.5, 0.6) is 0 Å². The monoisotopic (exact) mass is 226 g/mol. The Labute approximate surface area is 99.3 Å². The highest BCUT2D eigenvalue weighted by atomic mass is 19.2. The second kappa shape index (κ2) is 5.24. The van der Waals surface area contributed by atoms with E-state index in [-0.39, 0.29) is 6.54 Å². The number of rotatable bonds is 3. The molecule has 0 aliphatic carbocycles. The maximum atomic E-state index is 11.9. The van der Waals surface area contributed by atoms with Crippen molar-refractivity contribution in [2.24, 2.45) is 0 Å². The minimum Gasteiger partial charge on any atom is -0.192 e. The molecular weight excluding hydrogens is 215 g/mol. The van der Waals surface area contributed by atoms with E-state index in [2.05, 4.69) is 6.07 Å². The Bertz CT molecular complexity index is 541. The molecule has 2 aromatic carbocycles. The smallest absolute Gasteiger partial charge is 0.0998 e. The molecule has 0 amide bonds. The quantitative estimate of drug-likeness (QED) is 0.816. The minimum absolute atomic E-state index is 0.195. The van der Waals surface area contributed by atoms with Crippen LogP contribution in [-0.2, 0) is 6.54 Å². The van der Waals surface area contributed by atoms with Crippen LogP contribution < -0.4 is 5.54 Å². The van der Waals surface area contributed by atoms with Gasteiger partial charge in [-0.15, -0.1) is 4.48 Å². The van der Waals surface area contributed by atoms with E-state index < -0.39 is 0 Å². The van der Waals surface area contributed by atoms with Gasteiger partial charge >= 0.3 is 0 Å². The lowest BCUT2D eigenvalue weighted by Crippen LogP contribution is -1.99. The molecule has 0 unspecified atom stereocenters. The Morgan fingerprint density at radius 2 is 1.76 bits per heavy atom. The zero-order valence-electron chi connectivity index (χ0n) is 9.15. The summed E-state index contributed by atoms with van der Waals surface area (Å²) in [6.45, 7) is 0.195. The SMILES string of the molecule is N#Cc1ccccc1-c1ccc(CNF)cc1. The molecule has 84 valence electrons. The lowest BCUT2D eigenvalue weighted by molar-refractivity contribution is 0.330. The van der Waals surface area contributed by atoms with E-state index in [0.29, 0.717) is 5.56 Å². The third kappa shape index (κ3) is 2.49. The van der Waals surface area contributed by atoms with Gasteiger partial charge in [0, 0.05) is 0 Å². The normalized spacial score (nSPS) is 9.88. The van der Waals surface area contributed by atoms with Crippen molar-refractivity contribution in [2.45, 2.75) is 6.54 Å². The molecule has 2 aromatic rings. The van der Waals surface area contributed by atoms with Gasteiger partial charge in [-0.05, 0) is 22.8 Å². The molecule has 17 heavy (non-hydrogen) atoms. The molecule has 0 aliphatic rings. The van der Waals surface area contributed by atoms with Gasteiger partial charge in [-0.1, -0.05) is 42.5 Å². The van der Waals surface area contributed by atoms with Crippen LogP contribution in [0.25, 0.3) is 11.1 Å². The summed E-state index contributed by atoms with van der Waals surface area (Å²) >= 11 is 0. The minimum atomic E-state index is 0.195. The first-order valence-corrected chi connectivity index (χ1v) is 5.27. The van der Waals surface area contributed by atoms with Crippen molar-refractivity contribution in [1.82, 2.24) is 5.54 Å². The van der Waals surface area contributed by atoms with E-state index >= 15 is 0 Å². The molecule has 0 radical (unpaired) electrons. The standard InChI is InChI=1S/C14H11FN2/c15-17-10-11-5-7-12(8-6-11)14-4-2-1-3-13(14)9-16/h1-8,17H,10H2. The maximum Gasteiger partial charge on any atom is 0.0998 e. The summed E-state index contributed by atoms with van der Waals surface area (Å²) in [7, 11) is 0. The molecule has 0 aliphatic heterocycles. The highest BCUT2D eigenvalue weighted by Gasteiger charge is 2.03. The second-order valence-corrected chi connectivity index (χ2v) is 3.66. The van der Waals surface area contributed by atoms with Crippen LogP contribution in [0.1, 0.15) is 11.1 Å². The molecule has 0 saturated heterocycles. The second-order valence-electron chi connectivity index (χ2n) is 3.66. The summed E-state index contributed by atoms with van der Waals surface area (Å²) in [6, 6.07) is 17.1. The average Bonchev–Trinajstić information content (AvgIpc) is 2.40. The van der Waals surface area contributed by atoms with E-state index in [1.807, 2.05) is 42.5 Å². The van der Waals surface area contributed by atoms with Gasteiger partial charge < -0.3 is 0 Å². The first-order valence-electron chi connectivity index (χ1n) is 5.27. The third-order valence-electron chi connectivity index (χ3n) is 2.58. The van der Waals surface area contributed by atoms with Crippen LogP contribution >= 0.6 is 0 Å². The number of halogens is 1. The van der Waals surface area contributed by atoms with Crippen LogP contribution in [0.3, 0.4) is 0 Å². The lowest BCUT2D eigenvalue weighted by Gasteiger charge is -2.05. The highest BCUT2D eigenvalue weighted by molar-refractivity contribution is 5.70. The van der Waals surface area contributed by atoms with Crippen molar-refractivity contribution >= 4 is 0 Å². The zero-order chi connectivity index (χ0) is 12.1. The van der Waals surface area contributed by atoms with Gasteiger partial charge in [-0.3, -0.25) is 0 Å². The van der Waals surface area contributed by atoms with Crippen LogP contribution in [0.2, 0.25) is 0 Å². The molecule has 0 atom stereocenters. The zero-order valence-corrected chi connectivity index (χ0v) is 9.15. The summed E-state index contributed by atoms with van der Waals surface area (Å²) in [5, 5.41) is 9.01. The lowest BCUT2D eigenvalue weighted by atomic mass is 9.99. The number of nitrogens with one attached hydrogen (secondary N) is 1. The predicted molar refractivity (Wildman–Crippen MR) is 64.5 cm³/mol. The molecular formula is C14H11FN2. The van der Waals surface area contributed by atoms with Gasteiger partial charge in [0.05, 0.1) is 18.2 Å². The van der Waals surface area contributed by atoms with Crippen LogP contribution in [-0.4, -0.2) is 0 Å². The first kappa shape index (κ1) is 11.3. The van der Waals surface area contributed by atoms with E-state index in [0.717, 1.165) is 16.7 Å². The molecule has 0 saturated carbocycles. The molecule has 0 fully saturated rings. The summed E-state index contributed by atoms with van der Waals surface area (Å²) in [4.78, 5) is 0. The first-order chi connectivity index (χ1) is 8.35. The highest BCUT2D eigenvalue weighted by Crippen LogP contribution is 2.23. The topological polar surface area (TPSA) is 35.8 Å². The summed E-state index contributed by atoms with van der Waals surface area (Å²) in [5.41, 5.74) is 4.98. The van der Waals surface area contributed by atoms with Crippen molar-refractivity contribution in [1.29, 1.82) is 5.26 Å². The Hall–Kier alpha value is -2.18. The summed E-state index contributed by atoms with van der Waals surface area (Å²) in [6.07, 6.45) is 0. The molecule has 3 heteroatoms. The number of nitriles is 1. The van der Waals surface area contributed by atoms with Gasteiger partial charge in [0.25, 0.3) is 0 Å². The van der Waals surface area contributed by atoms with Gasteiger partial charge in [0.1, 0.15) is 0 Å². The Balaban J connectivity index is 2.37. The Morgan fingerprint density at radius 3 is 2.41 bits per heavy atom. The maximum absolute atomic E-state index is 11.9. The van der Waals surface area contributed by atoms with Gasteiger partial charge in [0.15, 0.2) is 0 Å². The van der Waals surface area contributed by atoms with Gasteiger partial charge in [-0.2, -0.15) is 10.8 Å². The Kier molecular flexibility index (Phi) is 3.49. The number of hydrogen-bond donors (Lipinski definition) is 1. The molecule has 2 nitrogen and oxygen atoms in total. The number of benzene rings is 2. The number of nitrogens with zero attached hydrogens (tertiary/aromatic N) is 1. The van der Waals surface area contributed by atoms with Crippen LogP contribution in [0.4, 0.5) is 4.48 Å². The van der Waals surface area contributed by atoms with Crippen molar-refractivity contribution < 1.29 is 4.48 Å². The number of hydrogen-bond acceptors (Lipinski definition) is 2. The van der Waals surface area contributed by atoms with Crippen LogP contribution in [0.15, 0.2) is 48.5 Å². The fourth-order valence-corrected chi connectivity index (χ4v) is 1.71. The van der Waals surface area contributed by atoms with Crippen molar-refractivity contribution in [2.75, 3.05) is 0 Å². The molecule has 0 heterocycles. The average molecular weight is 226 g/mol. The van der Waals surface area contributed by atoms with E-state index in [4.69, 9.17) is 5.26 Å². The van der Waals surface area contributed by atoms with Crippen LogP contribution in [0, 0.1) is 11.3 Å². The summed E-state index contributed by atoms with van der Waals surface area (Å²) in [5.74, 6) is 0. The van der Waals surface area contributed by atoms with E-state index in [1.165, 1.54) is 0 Å². The Morgan fingerprint density at radius 1 is 1.06 bits per heavy atom. The molecule has 1 N–H and O–H groups in total. The predicted octanol–water partition coefficient (Wildman–Crippen LogP) is 3.20. The van der Waals surface area contributed by atoms with Gasteiger partial charge in [-0.25, -0.2) is 0 Å². The third-order valence-corrected chi connectivity index (χ3v) is 2.58. The molecule has 0 spiro atoms. The fraction of sp³-hybridized carbons (Fsp3) is 0.0714. The van der Waals surface area contributed by atoms with Crippen molar-refractivity contribution in [3.63, 3.8) is 0 Å².